The van der Waals surface area contributed by atoms with Crippen LogP contribution in [0.1, 0.15) is 22.9 Å². The van der Waals surface area contributed by atoms with Gasteiger partial charge in [0.1, 0.15) is 23.0 Å². The minimum atomic E-state index is -0.939. The molecule has 1 fully saturated rings. The first-order valence-electron chi connectivity index (χ1n) is 9.58. The molecule has 32 heavy (non-hydrogen) atoms. The molecular weight excluding hydrogens is 436 g/mol. The van der Waals surface area contributed by atoms with Gasteiger partial charge < -0.3 is 19.1 Å². The van der Waals surface area contributed by atoms with Gasteiger partial charge in [-0.05, 0) is 42.8 Å². The molecule has 0 spiro atoms. The highest BCUT2D eigenvalue weighted by Crippen LogP contribution is 2.42. The SMILES string of the molecule is COc1ccc(C2/C(=C(\O)c3ccc(OC)c(Cl)c3)C(=O)C(=O)N2c2cc(C)on2)cc1. The fourth-order valence-electron chi connectivity index (χ4n) is 3.61. The molecule has 1 atom stereocenters. The summed E-state index contributed by atoms with van der Waals surface area (Å²) in [5.74, 6) is -0.402. The average molecular weight is 455 g/mol. The minimum absolute atomic E-state index is 0.0953. The second kappa shape index (κ2) is 8.39. The van der Waals surface area contributed by atoms with E-state index < -0.39 is 17.7 Å². The van der Waals surface area contributed by atoms with Gasteiger partial charge >= 0.3 is 5.91 Å². The molecule has 2 aromatic carbocycles. The molecule has 4 rings (SSSR count). The predicted octanol–water partition coefficient (Wildman–Crippen LogP) is 4.28. The maximum Gasteiger partial charge on any atom is 0.301 e. The molecule has 1 aromatic heterocycles. The van der Waals surface area contributed by atoms with Crippen LogP contribution in [0.2, 0.25) is 5.02 Å². The second-order valence-electron chi connectivity index (χ2n) is 7.09. The summed E-state index contributed by atoms with van der Waals surface area (Å²) >= 11 is 6.20. The Morgan fingerprint density at radius 1 is 1.09 bits per heavy atom. The Balaban J connectivity index is 1.92. The highest BCUT2D eigenvalue weighted by molar-refractivity contribution is 6.51. The van der Waals surface area contributed by atoms with Crippen LogP contribution in [-0.2, 0) is 9.59 Å². The topological polar surface area (TPSA) is 102 Å². The first kappa shape index (κ1) is 21.5. The number of aliphatic hydroxyl groups is 1. The van der Waals surface area contributed by atoms with Crippen molar-refractivity contribution in [3.8, 4) is 11.5 Å². The maximum atomic E-state index is 13.1. The summed E-state index contributed by atoms with van der Waals surface area (Å²) in [5, 5.41) is 15.3. The second-order valence-corrected chi connectivity index (χ2v) is 7.49. The number of anilines is 1. The molecule has 0 saturated carbocycles. The standard InChI is InChI=1S/C23H19ClN2O6/c1-12-10-18(25-32-12)26-20(13-4-7-15(30-2)8-5-13)19(22(28)23(26)29)21(27)14-6-9-17(31-3)16(24)11-14/h4-11,20,27H,1-3H3/b21-19+. The fraction of sp³-hybridized carbons (Fsp3) is 0.174. The number of ether oxygens (including phenoxy) is 2. The highest BCUT2D eigenvalue weighted by Gasteiger charge is 2.48. The monoisotopic (exact) mass is 454 g/mol. The van der Waals surface area contributed by atoms with Crippen LogP contribution >= 0.6 is 11.6 Å². The zero-order valence-corrected chi connectivity index (χ0v) is 18.2. The van der Waals surface area contributed by atoms with Gasteiger partial charge in [0, 0.05) is 11.6 Å². The Morgan fingerprint density at radius 3 is 2.38 bits per heavy atom. The van der Waals surface area contributed by atoms with Crippen molar-refractivity contribution in [2.75, 3.05) is 19.1 Å². The van der Waals surface area contributed by atoms with Crippen molar-refractivity contribution >= 4 is 34.9 Å². The Hall–Kier alpha value is -3.78. The Bertz CT molecular complexity index is 1230. The van der Waals surface area contributed by atoms with E-state index in [4.69, 9.17) is 25.6 Å². The van der Waals surface area contributed by atoms with Gasteiger partial charge in [-0.2, -0.15) is 0 Å². The van der Waals surface area contributed by atoms with E-state index in [1.807, 2.05) is 0 Å². The molecule has 1 amide bonds. The molecule has 1 aliphatic heterocycles. The molecule has 0 radical (unpaired) electrons. The Labute approximate surface area is 188 Å². The van der Waals surface area contributed by atoms with Crippen molar-refractivity contribution in [2.45, 2.75) is 13.0 Å². The van der Waals surface area contributed by atoms with E-state index in [1.165, 1.54) is 25.2 Å². The van der Waals surface area contributed by atoms with Crippen LogP contribution in [0, 0.1) is 6.92 Å². The molecule has 164 valence electrons. The number of aryl methyl sites for hydroxylation is 1. The van der Waals surface area contributed by atoms with Gasteiger partial charge in [0.15, 0.2) is 5.82 Å². The van der Waals surface area contributed by atoms with Gasteiger partial charge in [0.2, 0.25) is 0 Å². The van der Waals surface area contributed by atoms with Gasteiger partial charge in [0.25, 0.3) is 5.78 Å². The molecule has 2 heterocycles. The van der Waals surface area contributed by atoms with Crippen molar-refractivity contribution < 1.29 is 28.7 Å². The number of amides is 1. The third kappa shape index (κ3) is 3.58. The van der Waals surface area contributed by atoms with E-state index in [1.54, 1.807) is 49.4 Å². The lowest BCUT2D eigenvalue weighted by Gasteiger charge is -2.23. The van der Waals surface area contributed by atoms with Crippen LogP contribution in [0.5, 0.6) is 11.5 Å². The summed E-state index contributed by atoms with van der Waals surface area (Å²) in [4.78, 5) is 27.3. The van der Waals surface area contributed by atoms with Gasteiger partial charge in [0.05, 0.1) is 30.9 Å². The van der Waals surface area contributed by atoms with E-state index in [2.05, 4.69) is 5.16 Å². The number of benzene rings is 2. The Morgan fingerprint density at radius 2 is 1.81 bits per heavy atom. The summed E-state index contributed by atoms with van der Waals surface area (Å²) in [7, 11) is 3.00. The van der Waals surface area contributed by atoms with Crippen molar-refractivity contribution in [1.29, 1.82) is 0 Å². The number of rotatable bonds is 5. The number of hydrogen-bond acceptors (Lipinski definition) is 7. The van der Waals surface area contributed by atoms with Crippen molar-refractivity contribution in [3.63, 3.8) is 0 Å². The largest absolute Gasteiger partial charge is 0.507 e. The third-order valence-electron chi connectivity index (χ3n) is 5.16. The maximum absolute atomic E-state index is 13.1. The van der Waals surface area contributed by atoms with Crippen molar-refractivity contribution in [3.05, 3.63) is 76.0 Å². The van der Waals surface area contributed by atoms with Gasteiger partial charge in [-0.15, -0.1) is 0 Å². The third-order valence-corrected chi connectivity index (χ3v) is 5.46. The van der Waals surface area contributed by atoms with Crippen LogP contribution in [0.3, 0.4) is 0 Å². The number of Topliss-reactive ketones (excluding diaryl/α,β-unsaturated/α-hetero) is 1. The summed E-state index contributed by atoms with van der Waals surface area (Å²) in [6.45, 7) is 1.68. The number of ketones is 1. The highest BCUT2D eigenvalue weighted by atomic mass is 35.5. The van der Waals surface area contributed by atoms with Gasteiger partial charge in [-0.1, -0.05) is 28.9 Å². The van der Waals surface area contributed by atoms with Gasteiger partial charge in [-0.25, -0.2) is 0 Å². The molecule has 1 unspecified atom stereocenters. The fourth-order valence-corrected chi connectivity index (χ4v) is 3.86. The molecular formula is C23H19ClN2O6. The van der Waals surface area contributed by atoms with Crippen LogP contribution in [0.25, 0.3) is 5.76 Å². The smallest absolute Gasteiger partial charge is 0.301 e. The van der Waals surface area contributed by atoms with Crippen LogP contribution in [0.15, 0.2) is 58.6 Å². The lowest BCUT2D eigenvalue weighted by Crippen LogP contribution is -2.29. The molecule has 1 N–H and O–H groups in total. The van der Waals surface area contributed by atoms with Gasteiger partial charge in [-0.3, -0.25) is 14.5 Å². The quantitative estimate of drug-likeness (QED) is 0.348. The predicted molar refractivity (Wildman–Crippen MR) is 117 cm³/mol. The number of carbonyl (C=O) groups excluding carboxylic acids is 2. The van der Waals surface area contributed by atoms with Crippen LogP contribution in [0.4, 0.5) is 5.82 Å². The van der Waals surface area contributed by atoms with Crippen LogP contribution < -0.4 is 14.4 Å². The number of halogens is 1. The van der Waals surface area contributed by atoms with Crippen molar-refractivity contribution in [1.82, 2.24) is 5.16 Å². The number of aromatic nitrogens is 1. The molecule has 0 aliphatic carbocycles. The summed E-state index contributed by atoms with van der Waals surface area (Å²) < 4.78 is 15.5. The first-order chi connectivity index (χ1) is 15.3. The number of methoxy groups -OCH3 is 2. The lowest BCUT2D eigenvalue weighted by atomic mass is 9.95. The zero-order valence-electron chi connectivity index (χ0n) is 17.5. The zero-order chi connectivity index (χ0) is 23.0. The number of nitrogens with zero attached hydrogens (tertiary/aromatic N) is 2. The van der Waals surface area contributed by atoms with E-state index in [9.17, 15) is 14.7 Å². The summed E-state index contributed by atoms with van der Waals surface area (Å²) in [6.07, 6.45) is 0. The van der Waals surface area contributed by atoms with E-state index >= 15 is 0 Å². The summed E-state index contributed by atoms with van der Waals surface area (Å²) in [5.41, 5.74) is 0.748. The lowest BCUT2D eigenvalue weighted by molar-refractivity contribution is -0.132. The van der Waals surface area contributed by atoms with Crippen molar-refractivity contribution in [2.24, 2.45) is 0 Å². The Kier molecular flexibility index (Phi) is 5.63. The minimum Gasteiger partial charge on any atom is -0.507 e. The molecule has 1 aliphatic rings. The molecule has 3 aromatic rings. The molecule has 9 heteroatoms. The molecule has 0 bridgehead atoms. The average Bonchev–Trinajstić information content (AvgIpc) is 3.34. The number of carbonyl (C=O) groups is 2. The van der Waals surface area contributed by atoms with E-state index in [-0.39, 0.29) is 27.7 Å². The summed E-state index contributed by atoms with van der Waals surface area (Å²) in [6, 6.07) is 12.0. The van der Waals surface area contributed by atoms with E-state index in [0.717, 1.165) is 0 Å². The first-order valence-corrected chi connectivity index (χ1v) is 9.95. The van der Waals surface area contributed by atoms with Crippen LogP contribution in [-0.4, -0.2) is 36.2 Å². The molecule has 1 saturated heterocycles. The number of hydrogen-bond donors (Lipinski definition) is 1. The normalized spacial score (nSPS) is 17.6. The number of aliphatic hydroxyl groups excluding tert-OH is 1. The van der Waals surface area contributed by atoms with E-state index in [0.29, 0.717) is 22.8 Å². The molecule has 8 nitrogen and oxygen atoms in total.